The largest absolute Gasteiger partial charge is 0.271 e. The molecule has 106 valence electrons. The third-order valence-corrected chi connectivity index (χ3v) is 3.99. The summed E-state index contributed by atoms with van der Waals surface area (Å²) in [6.45, 7) is 8.28. The Morgan fingerprint density at radius 3 is 2.47 bits per heavy atom. The zero-order valence-electron chi connectivity index (χ0n) is 12.4. The van der Waals surface area contributed by atoms with Crippen molar-refractivity contribution in [3.8, 4) is 0 Å². The number of nitrogens with two attached hydrogens (primary N) is 1. The monoisotopic (exact) mass is 260 g/mol. The quantitative estimate of drug-likeness (QED) is 0.305. The van der Waals surface area contributed by atoms with E-state index in [1.165, 1.54) is 24.8 Å². The minimum Gasteiger partial charge on any atom is -0.271 e. The van der Waals surface area contributed by atoms with E-state index in [0.717, 1.165) is 12.8 Å². The van der Waals surface area contributed by atoms with Crippen LogP contribution in [0, 0.1) is 0 Å². The summed E-state index contributed by atoms with van der Waals surface area (Å²) in [7, 11) is 0. The molecule has 1 unspecified atom stereocenters. The second-order valence-electron chi connectivity index (χ2n) is 5.73. The molecule has 1 aromatic carbocycles. The summed E-state index contributed by atoms with van der Waals surface area (Å²) >= 11 is 0. The molecule has 1 aromatic rings. The van der Waals surface area contributed by atoms with Crippen LogP contribution in [0.3, 0.4) is 0 Å². The summed E-state index contributed by atoms with van der Waals surface area (Å²) in [6.07, 6.45) is 7.89. The molecular formula is C17H28N2. The first-order chi connectivity index (χ1) is 9.12. The van der Waals surface area contributed by atoms with E-state index in [2.05, 4.69) is 56.2 Å². The van der Waals surface area contributed by atoms with Gasteiger partial charge in [0.2, 0.25) is 0 Å². The van der Waals surface area contributed by atoms with Crippen molar-refractivity contribution >= 4 is 0 Å². The average Bonchev–Trinajstić information content (AvgIpc) is 2.43. The lowest BCUT2D eigenvalue weighted by atomic mass is 9.76. The van der Waals surface area contributed by atoms with Gasteiger partial charge in [-0.1, -0.05) is 63.1 Å². The number of hydrazine groups is 1. The summed E-state index contributed by atoms with van der Waals surface area (Å²) in [5.41, 5.74) is 4.40. The van der Waals surface area contributed by atoms with Gasteiger partial charge in [-0.05, 0) is 24.8 Å². The number of hydrogen-bond donors (Lipinski definition) is 2. The Bertz CT molecular complexity index is 357. The first-order valence-electron chi connectivity index (χ1n) is 7.25. The van der Waals surface area contributed by atoms with Crippen molar-refractivity contribution in [2.45, 2.75) is 57.4 Å². The van der Waals surface area contributed by atoms with Crippen molar-refractivity contribution in [3.05, 3.63) is 48.6 Å². The van der Waals surface area contributed by atoms with Crippen molar-refractivity contribution in [1.82, 2.24) is 5.43 Å². The zero-order chi connectivity index (χ0) is 14.1. The van der Waals surface area contributed by atoms with Crippen molar-refractivity contribution in [2.75, 3.05) is 0 Å². The van der Waals surface area contributed by atoms with E-state index in [1.807, 2.05) is 6.08 Å². The Kier molecular flexibility index (Phi) is 6.82. The van der Waals surface area contributed by atoms with Crippen molar-refractivity contribution < 1.29 is 0 Å². The first-order valence-corrected chi connectivity index (χ1v) is 7.25. The van der Waals surface area contributed by atoms with Crippen LogP contribution >= 0.6 is 0 Å². The number of allylic oxidation sites excluding steroid dienone is 1. The van der Waals surface area contributed by atoms with Gasteiger partial charge in [0.1, 0.15) is 0 Å². The molecule has 0 fully saturated rings. The highest BCUT2D eigenvalue weighted by atomic mass is 15.2. The molecule has 0 amide bonds. The van der Waals surface area contributed by atoms with Gasteiger partial charge in [-0.15, -0.1) is 6.58 Å². The van der Waals surface area contributed by atoms with Crippen molar-refractivity contribution in [1.29, 1.82) is 0 Å². The summed E-state index contributed by atoms with van der Waals surface area (Å²) in [4.78, 5) is 0. The lowest BCUT2D eigenvalue weighted by Crippen LogP contribution is -2.48. The van der Waals surface area contributed by atoms with Crippen molar-refractivity contribution in [2.24, 2.45) is 5.84 Å². The Morgan fingerprint density at radius 2 is 1.89 bits per heavy atom. The molecule has 0 bridgehead atoms. The summed E-state index contributed by atoms with van der Waals surface area (Å²) in [5, 5.41) is 0. The normalized spacial score (nSPS) is 13.2. The Balaban J connectivity index is 2.55. The van der Waals surface area contributed by atoms with E-state index in [9.17, 15) is 0 Å². The van der Waals surface area contributed by atoms with Crippen LogP contribution in [0.15, 0.2) is 43.0 Å². The van der Waals surface area contributed by atoms with E-state index in [1.54, 1.807) is 0 Å². The van der Waals surface area contributed by atoms with Crippen molar-refractivity contribution in [3.63, 3.8) is 0 Å². The molecule has 0 spiro atoms. The molecule has 0 aromatic heterocycles. The van der Waals surface area contributed by atoms with Crippen LogP contribution in [-0.2, 0) is 5.41 Å². The highest BCUT2D eigenvalue weighted by Gasteiger charge is 2.29. The molecule has 3 N–H and O–H groups in total. The van der Waals surface area contributed by atoms with E-state index in [4.69, 9.17) is 5.84 Å². The molecule has 0 aliphatic heterocycles. The van der Waals surface area contributed by atoms with Crippen LogP contribution in [0.5, 0.6) is 0 Å². The predicted molar refractivity (Wildman–Crippen MR) is 83.9 cm³/mol. The smallest absolute Gasteiger partial charge is 0.0302 e. The van der Waals surface area contributed by atoms with E-state index < -0.39 is 0 Å². The number of hydrogen-bond acceptors (Lipinski definition) is 2. The van der Waals surface area contributed by atoms with Crippen LogP contribution < -0.4 is 11.3 Å². The molecule has 1 atom stereocenters. The fraction of sp³-hybridized carbons (Fsp3) is 0.529. The summed E-state index contributed by atoms with van der Waals surface area (Å²) in [6, 6.07) is 10.9. The first kappa shape index (κ1) is 15.9. The van der Waals surface area contributed by atoms with Gasteiger partial charge in [-0.2, -0.15) is 0 Å². The molecule has 0 radical (unpaired) electrons. The van der Waals surface area contributed by atoms with Gasteiger partial charge in [0.15, 0.2) is 0 Å². The molecular weight excluding hydrogens is 232 g/mol. The lowest BCUT2D eigenvalue weighted by Gasteiger charge is -2.34. The van der Waals surface area contributed by atoms with Gasteiger partial charge in [-0.3, -0.25) is 11.3 Å². The minimum absolute atomic E-state index is 0.0500. The van der Waals surface area contributed by atoms with Crippen LogP contribution in [-0.4, -0.2) is 6.04 Å². The van der Waals surface area contributed by atoms with E-state index in [0.29, 0.717) is 6.04 Å². The number of unbranched alkanes of at least 4 members (excludes halogenated alkanes) is 3. The van der Waals surface area contributed by atoms with Crippen LogP contribution in [0.25, 0.3) is 0 Å². The fourth-order valence-electron chi connectivity index (χ4n) is 2.54. The second-order valence-corrected chi connectivity index (χ2v) is 5.73. The molecule has 1 rings (SSSR count). The molecule has 0 aliphatic rings. The molecule has 19 heavy (non-hydrogen) atoms. The molecule has 2 heteroatoms. The van der Waals surface area contributed by atoms with Gasteiger partial charge in [0.05, 0.1) is 0 Å². The van der Waals surface area contributed by atoms with Gasteiger partial charge >= 0.3 is 0 Å². The third kappa shape index (κ3) is 4.81. The van der Waals surface area contributed by atoms with Crippen LogP contribution in [0.4, 0.5) is 0 Å². The maximum Gasteiger partial charge on any atom is 0.0302 e. The molecule has 2 nitrogen and oxygen atoms in total. The minimum atomic E-state index is 0.0500. The molecule has 0 aliphatic carbocycles. The van der Waals surface area contributed by atoms with E-state index >= 15 is 0 Å². The molecule has 0 saturated heterocycles. The number of rotatable bonds is 9. The van der Waals surface area contributed by atoms with Gasteiger partial charge < -0.3 is 0 Å². The predicted octanol–water partition coefficient (Wildman–Crippen LogP) is 3.93. The Morgan fingerprint density at radius 1 is 1.21 bits per heavy atom. The fourth-order valence-corrected chi connectivity index (χ4v) is 2.54. The van der Waals surface area contributed by atoms with Crippen LogP contribution in [0.2, 0.25) is 0 Å². The summed E-state index contributed by atoms with van der Waals surface area (Å²) < 4.78 is 0. The SMILES string of the molecule is C=CCCCCCC(NN)C(C)(C)c1ccccc1. The summed E-state index contributed by atoms with van der Waals surface area (Å²) in [5.74, 6) is 5.77. The van der Waals surface area contributed by atoms with Gasteiger partial charge in [0.25, 0.3) is 0 Å². The van der Waals surface area contributed by atoms with Crippen LogP contribution in [0.1, 0.15) is 51.5 Å². The van der Waals surface area contributed by atoms with Gasteiger partial charge in [0, 0.05) is 11.5 Å². The van der Waals surface area contributed by atoms with E-state index in [-0.39, 0.29) is 5.41 Å². The maximum atomic E-state index is 5.77. The number of benzene rings is 1. The zero-order valence-corrected chi connectivity index (χ0v) is 12.4. The van der Waals surface area contributed by atoms with Gasteiger partial charge in [-0.25, -0.2) is 0 Å². The Labute approximate surface area is 118 Å². The standard InChI is InChI=1S/C17H28N2/c1-4-5-6-7-11-14-16(19-18)17(2,3)15-12-9-8-10-13-15/h4,8-10,12-13,16,19H,1,5-7,11,14,18H2,2-3H3. The lowest BCUT2D eigenvalue weighted by molar-refractivity contribution is 0.317. The Hall–Kier alpha value is -1.12. The average molecular weight is 260 g/mol. The topological polar surface area (TPSA) is 38.0 Å². The highest BCUT2D eigenvalue weighted by Crippen LogP contribution is 2.29. The maximum absolute atomic E-state index is 5.77. The third-order valence-electron chi connectivity index (χ3n) is 3.99. The molecule has 0 heterocycles. The second kappa shape index (κ2) is 8.13. The highest BCUT2D eigenvalue weighted by molar-refractivity contribution is 5.25. The number of nitrogens with one attached hydrogen (secondary N) is 1. The molecule has 0 saturated carbocycles.